The molecule has 1 aliphatic carbocycles. The Balaban J connectivity index is 1.84. The molecule has 0 fully saturated rings. The number of hydrogen-bond donors (Lipinski definition) is 1. The number of nitrogens with two attached hydrogens (primary N) is 1. The molecule has 0 bridgehead atoms. The van der Waals surface area contributed by atoms with Crippen LogP contribution in [0.15, 0.2) is 48.5 Å². The lowest BCUT2D eigenvalue weighted by molar-refractivity contribution is -0.135. The third-order valence-electron chi connectivity index (χ3n) is 4.35. The number of carbonyl (C=O) groups excluding carboxylic acids is 1. The van der Waals surface area contributed by atoms with Crippen LogP contribution in [0.3, 0.4) is 0 Å². The SMILES string of the molecule is CC(N)C(=O)Oc1ccc2c(ccc3c4c(ccc32)C=CC4)c1. The van der Waals surface area contributed by atoms with Gasteiger partial charge in [0.1, 0.15) is 11.8 Å². The van der Waals surface area contributed by atoms with Crippen LogP contribution >= 0.6 is 0 Å². The second kappa shape index (κ2) is 5.21. The minimum atomic E-state index is -0.627. The van der Waals surface area contributed by atoms with Crippen molar-refractivity contribution in [1.82, 2.24) is 0 Å². The van der Waals surface area contributed by atoms with Crippen LogP contribution in [0.1, 0.15) is 18.1 Å². The van der Waals surface area contributed by atoms with Gasteiger partial charge in [-0.15, -0.1) is 0 Å². The number of esters is 1. The quantitative estimate of drug-likeness (QED) is 0.445. The second-order valence-electron chi connectivity index (χ2n) is 5.99. The van der Waals surface area contributed by atoms with Crippen molar-refractivity contribution in [3.63, 3.8) is 0 Å². The number of allylic oxidation sites excluding steroid dienone is 1. The maximum absolute atomic E-state index is 11.6. The van der Waals surface area contributed by atoms with E-state index in [-0.39, 0.29) is 0 Å². The van der Waals surface area contributed by atoms with E-state index < -0.39 is 12.0 Å². The molecule has 1 unspecified atom stereocenters. The van der Waals surface area contributed by atoms with Crippen LogP contribution in [0.2, 0.25) is 0 Å². The Kier molecular flexibility index (Phi) is 3.17. The van der Waals surface area contributed by atoms with Gasteiger partial charge in [0.25, 0.3) is 0 Å². The van der Waals surface area contributed by atoms with Gasteiger partial charge in [0, 0.05) is 0 Å². The summed E-state index contributed by atoms with van der Waals surface area (Å²) in [5.74, 6) is 0.107. The van der Waals surface area contributed by atoms with Gasteiger partial charge in [0.05, 0.1) is 0 Å². The van der Waals surface area contributed by atoms with E-state index in [2.05, 4.69) is 36.4 Å². The van der Waals surface area contributed by atoms with Crippen molar-refractivity contribution in [2.75, 3.05) is 0 Å². The summed E-state index contributed by atoms with van der Waals surface area (Å²) in [5.41, 5.74) is 8.23. The number of carbonyl (C=O) groups is 1. The highest BCUT2D eigenvalue weighted by Gasteiger charge is 2.13. The Bertz CT molecular complexity index is 970. The molecule has 1 atom stereocenters. The fraction of sp³-hybridized carbons (Fsp3) is 0.150. The molecule has 0 saturated heterocycles. The van der Waals surface area contributed by atoms with Gasteiger partial charge in [0.15, 0.2) is 0 Å². The van der Waals surface area contributed by atoms with Crippen LogP contribution in [0.4, 0.5) is 0 Å². The van der Waals surface area contributed by atoms with Crippen molar-refractivity contribution in [1.29, 1.82) is 0 Å². The van der Waals surface area contributed by atoms with Gasteiger partial charge in [-0.1, -0.05) is 42.5 Å². The summed E-state index contributed by atoms with van der Waals surface area (Å²) < 4.78 is 5.30. The maximum atomic E-state index is 11.6. The molecule has 23 heavy (non-hydrogen) atoms. The summed E-state index contributed by atoms with van der Waals surface area (Å²) in [6, 6.07) is 13.7. The average molecular weight is 303 g/mol. The summed E-state index contributed by atoms with van der Waals surface area (Å²) >= 11 is 0. The van der Waals surface area contributed by atoms with Gasteiger partial charge < -0.3 is 10.5 Å². The number of fused-ring (bicyclic) bond motifs is 5. The Morgan fingerprint density at radius 2 is 1.87 bits per heavy atom. The van der Waals surface area contributed by atoms with Gasteiger partial charge in [-0.25, -0.2) is 4.79 Å². The lowest BCUT2D eigenvalue weighted by Gasteiger charge is -2.11. The molecule has 0 radical (unpaired) electrons. The van der Waals surface area contributed by atoms with Crippen molar-refractivity contribution in [2.24, 2.45) is 5.73 Å². The highest BCUT2D eigenvalue weighted by atomic mass is 16.5. The van der Waals surface area contributed by atoms with Crippen molar-refractivity contribution >= 4 is 33.6 Å². The highest BCUT2D eigenvalue weighted by Crippen LogP contribution is 2.34. The fourth-order valence-corrected chi connectivity index (χ4v) is 3.16. The highest BCUT2D eigenvalue weighted by molar-refractivity contribution is 6.10. The average Bonchev–Trinajstić information content (AvgIpc) is 3.03. The molecule has 1 aliphatic rings. The van der Waals surface area contributed by atoms with E-state index in [0.717, 1.165) is 17.2 Å². The largest absolute Gasteiger partial charge is 0.425 e. The first-order valence-corrected chi connectivity index (χ1v) is 7.75. The first-order valence-electron chi connectivity index (χ1n) is 7.75. The smallest absolute Gasteiger partial charge is 0.328 e. The van der Waals surface area contributed by atoms with E-state index >= 15 is 0 Å². The van der Waals surface area contributed by atoms with Gasteiger partial charge in [0.2, 0.25) is 0 Å². The topological polar surface area (TPSA) is 52.3 Å². The van der Waals surface area contributed by atoms with Crippen LogP contribution in [-0.2, 0) is 11.2 Å². The van der Waals surface area contributed by atoms with Crippen molar-refractivity contribution in [3.05, 3.63) is 59.7 Å². The second-order valence-corrected chi connectivity index (χ2v) is 5.99. The first-order chi connectivity index (χ1) is 11.1. The van der Waals surface area contributed by atoms with Crippen LogP contribution in [0.5, 0.6) is 5.75 Å². The Morgan fingerprint density at radius 3 is 2.70 bits per heavy atom. The molecule has 3 aromatic rings. The van der Waals surface area contributed by atoms with Crippen LogP contribution in [0.25, 0.3) is 27.6 Å². The fourth-order valence-electron chi connectivity index (χ4n) is 3.16. The zero-order chi connectivity index (χ0) is 16.0. The predicted molar refractivity (Wildman–Crippen MR) is 93.5 cm³/mol. The normalized spacial score (nSPS) is 14.2. The molecule has 0 aliphatic heterocycles. The molecule has 3 nitrogen and oxygen atoms in total. The third-order valence-corrected chi connectivity index (χ3v) is 4.35. The van der Waals surface area contributed by atoms with Gasteiger partial charge in [-0.05, 0) is 58.1 Å². The number of ether oxygens (including phenoxy) is 1. The minimum Gasteiger partial charge on any atom is -0.425 e. The monoisotopic (exact) mass is 303 g/mol. The maximum Gasteiger partial charge on any atom is 0.328 e. The molecule has 3 heteroatoms. The van der Waals surface area contributed by atoms with Crippen LogP contribution in [-0.4, -0.2) is 12.0 Å². The molecule has 0 amide bonds. The van der Waals surface area contributed by atoms with E-state index in [4.69, 9.17) is 10.5 Å². The Hall–Kier alpha value is -2.65. The minimum absolute atomic E-state index is 0.422. The van der Waals surface area contributed by atoms with E-state index in [9.17, 15) is 4.79 Å². The number of benzene rings is 3. The van der Waals surface area contributed by atoms with E-state index in [1.54, 1.807) is 6.92 Å². The Morgan fingerprint density at radius 1 is 1.09 bits per heavy atom. The zero-order valence-corrected chi connectivity index (χ0v) is 12.9. The predicted octanol–water partition coefficient (Wildman–Crippen LogP) is 3.81. The molecular formula is C20H17NO2. The summed E-state index contributed by atoms with van der Waals surface area (Å²) in [7, 11) is 0. The molecule has 0 heterocycles. The molecule has 3 aromatic carbocycles. The third kappa shape index (κ3) is 2.30. The molecule has 2 N–H and O–H groups in total. The van der Waals surface area contributed by atoms with Crippen molar-refractivity contribution < 1.29 is 9.53 Å². The molecule has 0 saturated carbocycles. The van der Waals surface area contributed by atoms with E-state index in [0.29, 0.717) is 5.75 Å². The lowest BCUT2D eigenvalue weighted by atomic mass is 9.96. The molecule has 114 valence electrons. The van der Waals surface area contributed by atoms with Gasteiger partial charge in [-0.2, -0.15) is 0 Å². The first kappa shape index (κ1) is 14.0. The Labute approximate surface area is 134 Å². The molecular weight excluding hydrogens is 286 g/mol. The summed E-state index contributed by atoms with van der Waals surface area (Å²) in [6.07, 6.45) is 5.36. The van der Waals surface area contributed by atoms with E-state index in [1.807, 2.05) is 18.2 Å². The van der Waals surface area contributed by atoms with Crippen LogP contribution < -0.4 is 10.5 Å². The summed E-state index contributed by atoms with van der Waals surface area (Å²) in [6.45, 7) is 1.62. The molecule has 4 rings (SSSR count). The van der Waals surface area contributed by atoms with Gasteiger partial charge in [-0.3, -0.25) is 0 Å². The van der Waals surface area contributed by atoms with Gasteiger partial charge >= 0.3 is 5.97 Å². The zero-order valence-electron chi connectivity index (χ0n) is 12.9. The van der Waals surface area contributed by atoms with Crippen LogP contribution in [0, 0.1) is 0 Å². The lowest BCUT2D eigenvalue weighted by Crippen LogP contribution is -2.30. The van der Waals surface area contributed by atoms with Crippen molar-refractivity contribution in [3.8, 4) is 5.75 Å². The molecule has 0 spiro atoms. The summed E-state index contributed by atoms with van der Waals surface area (Å²) in [4.78, 5) is 11.6. The summed E-state index contributed by atoms with van der Waals surface area (Å²) in [5, 5.41) is 4.74. The number of hydrogen-bond acceptors (Lipinski definition) is 3. The molecule has 0 aromatic heterocycles. The van der Waals surface area contributed by atoms with E-state index in [1.165, 1.54) is 21.9 Å². The standard InChI is InChI=1S/C20H17NO2/c1-12(21)20(22)23-15-7-10-17-14(11-15)6-9-18-16-4-2-3-13(16)5-8-19(17)18/h2-3,5-12H,4,21H2,1H3. The van der Waals surface area contributed by atoms with Crippen molar-refractivity contribution in [2.45, 2.75) is 19.4 Å². The number of rotatable bonds is 2.